The summed E-state index contributed by atoms with van der Waals surface area (Å²) in [5, 5.41) is 0. The van der Waals surface area contributed by atoms with Gasteiger partial charge in [-0.15, -0.1) is 0 Å². The molecule has 33 heavy (non-hydrogen) atoms. The van der Waals surface area contributed by atoms with Crippen molar-refractivity contribution in [2.45, 2.75) is 60.6 Å². The Morgan fingerprint density at radius 1 is 0.667 bits per heavy atom. The number of ether oxygens (including phenoxy) is 3. The van der Waals surface area contributed by atoms with Crippen LogP contribution in [0.2, 0.25) is 0 Å². The molecule has 4 aliphatic rings. The van der Waals surface area contributed by atoms with Crippen molar-refractivity contribution in [1.82, 2.24) is 0 Å². The van der Waals surface area contributed by atoms with Crippen molar-refractivity contribution in [2.75, 3.05) is 0 Å². The van der Waals surface area contributed by atoms with Gasteiger partial charge in [0.25, 0.3) is 26.7 Å². The molecule has 6 rings (SSSR count). The normalized spacial score (nSPS) is 31.2. The van der Waals surface area contributed by atoms with Crippen molar-refractivity contribution in [3.63, 3.8) is 0 Å². The number of hydrogen-bond donors (Lipinski definition) is 0. The molecule has 1 aliphatic carbocycles. The van der Waals surface area contributed by atoms with Crippen molar-refractivity contribution in [3.05, 3.63) is 59.7 Å². The van der Waals surface area contributed by atoms with E-state index in [2.05, 4.69) is 0 Å². The lowest BCUT2D eigenvalue weighted by atomic mass is 9.84. The summed E-state index contributed by atoms with van der Waals surface area (Å²) in [5.74, 6) is -0.681. The maximum absolute atomic E-state index is 12.9. The fourth-order valence-corrected chi connectivity index (χ4v) is 6.12. The Morgan fingerprint density at radius 3 is 1.45 bits per heavy atom. The molecule has 0 spiro atoms. The van der Waals surface area contributed by atoms with E-state index in [0.29, 0.717) is 0 Å². The van der Waals surface area contributed by atoms with Gasteiger partial charge in [0.1, 0.15) is 18.3 Å². The van der Waals surface area contributed by atoms with Crippen molar-refractivity contribution < 1.29 is 44.2 Å². The Hall–Kier alpha value is -2.19. The second-order valence-corrected chi connectivity index (χ2v) is 11.2. The van der Waals surface area contributed by atoms with Crippen LogP contribution in [-0.4, -0.2) is 59.6 Å². The Labute approximate surface area is 190 Å². The van der Waals surface area contributed by atoms with Gasteiger partial charge in [-0.25, -0.2) is 0 Å². The summed E-state index contributed by atoms with van der Waals surface area (Å²) in [6, 6.07) is 11.8. The fourth-order valence-electron chi connectivity index (χ4n) is 3.95. The van der Waals surface area contributed by atoms with Crippen molar-refractivity contribution in [2.24, 2.45) is 0 Å². The molecule has 0 radical (unpaired) electrons. The van der Waals surface area contributed by atoms with Gasteiger partial charge >= 0.3 is 0 Å². The standard InChI is InChI=1S/C21H20O10S2/c1-11-3-7-13(8-4-11)32(23,24)30-19-16-15(22)17-20(18(19)29-21(27-16)28-17)31-33(25,26)14-9-5-12(2)6-10-14/h3-10,16-21H,1-2H3/t16-,17?,18?,19?,20?,21?/m1/s1. The predicted octanol–water partition coefficient (Wildman–Crippen LogP) is 1.20. The molecule has 1 saturated carbocycles. The topological polar surface area (TPSA) is 132 Å². The number of Topliss-reactive ketones (excluding diaryl/α,β-unsaturated/α-hetero) is 1. The van der Waals surface area contributed by atoms with Crippen LogP contribution in [0.1, 0.15) is 11.1 Å². The number of rotatable bonds is 6. The Bertz CT molecular complexity index is 1190. The number of carbonyl (C=O) groups excluding carboxylic acids is 1. The van der Waals surface area contributed by atoms with Crippen LogP contribution in [0.25, 0.3) is 0 Å². The molecule has 3 heterocycles. The maximum Gasteiger partial charge on any atom is 0.297 e. The van der Waals surface area contributed by atoms with E-state index in [1.54, 1.807) is 38.1 Å². The first-order chi connectivity index (χ1) is 15.5. The molecule has 3 aliphatic heterocycles. The van der Waals surface area contributed by atoms with Gasteiger partial charge < -0.3 is 14.2 Å². The third-order valence-corrected chi connectivity index (χ3v) is 8.33. The molecule has 2 aromatic rings. The lowest BCUT2D eigenvalue weighted by molar-refractivity contribution is -0.434. The molecular weight excluding hydrogens is 476 g/mol. The number of aryl methyl sites for hydroxylation is 2. The molecule has 0 amide bonds. The molecule has 3 saturated heterocycles. The van der Waals surface area contributed by atoms with E-state index in [0.717, 1.165) is 11.1 Å². The average molecular weight is 497 g/mol. The van der Waals surface area contributed by atoms with E-state index in [-0.39, 0.29) is 9.79 Å². The summed E-state index contributed by atoms with van der Waals surface area (Å²) in [7, 11) is -8.65. The number of carbonyl (C=O) groups is 1. The first-order valence-electron chi connectivity index (χ1n) is 10.1. The Kier molecular flexibility index (Phi) is 5.44. The van der Waals surface area contributed by atoms with Crippen LogP contribution in [0.15, 0.2) is 58.3 Å². The van der Waals surface area contributed by atoms with Crippen LogP contribution < -0.4 is 0 Å². The van der Waals surface area contributed by atoms with Gasteiger partial charge in [0.2, 0.25) is 0 Å². The largest absolute Gasteiger partial charge is 0.321 e. The van der Waals surface area contributed by atoms with Crippen LogP contribution in [0.5, 0.6) is 0 Å². The van der Waals surface area contributed by atoms with Crippen molar-refractivity contribution >= 4 is 26.0 Å². The van der Waals surface area contributed by atoms with E-state index in [4.69, 9.17) is 22.6 Å². The van der Waals surface area contributed by atoms with Crippen LogP contribution in [-0.2, 0) is 47.6 Å². The minimum Gasteiger partial charge on any atom is -0.321 e. The van der Waals surface area contributed by atoms with Gasteiger partial charge in [0.05, 0.1) is 9.79 Å². The molecule has 5 unspecified atom stereocenters. The van der Waals surface area contributed by atoms with E-state index in [1.165, 1.54) is 24.3 Å². The first kappa shape index (κ1) is 22.6. The van der Waals surface area contributed by atoms with Crippen molar-refractivity contribution in [1.29, 1.82) is 0 Å². The highest BCUT2D eigenvalue weighted by atomic mass is 32.2. The Morgan fingerprint density at radius 2 is 1.06 bits per heavy atom. The van der Waals surface area contributed by atoms with Gasteiger partial charge in [0.15, 0.2) is 18.0 Å². The number of benzene rings is 2. The summed E-state index contributed by atoms with van der Waals surface area (Å²) in [6.45, 7) is 2.34. The lowest BCUT2D eigenvalue weighted by Crippen LogP contribution is -2.74. The molecule has 6 atom stereocenters. The molecule has 0 aromatic heterocycles. The zero-order chi connectivity index (χ0) is 23.5. The molecule has 0 N–H and O–H groups in total. The van der Waals surface area contributed by atoms with Gasteiger partial charge in [-0.3, -0.25) is 13.2 Å². The van der Waals surface area contributed by atoms with Gasteiger partial charge in [0, 0.05) is 0 Å². The SMILES string of the molecule is Cc1ccc(S(=O)(=O)OC2C3OC4OC2C(OS(=O)(=O)c2ccc(C)cc2)[C@H](O4)C3=O)cc1. The molecule has 10 nitrogen and oxygen atoms in total. The zero-order valence-electron chi connectivity index (χ0n) is 17.5. The monoisotopic (exact) mass is 496 g/mol. The van der Waals surface area contributed by atoms with Crippen molar-refractivity contribution in [3.8, 4) is 0 Å². The van der Waals surface area contributed by atoms with E-state index in [1.807, 2.05) is 0 Å². The average Bonchev–Trinajstić information content (AvgIpc) is 2.76. The van der Waals surface area contributed by atoms with E-state index < -0.39 is 63.0 Å². The molecule has 12 heteroatoms. The highest BCUT2D eigenvalue weighted by Gasteiger charge is 2.65. The minimum absolute atomic E-state index is 0.129. The maximum atomic E-state index is 12.9. The highest BCUT2D eigenvalue weighted by molar-refractivity contribution is 7.87. The summed E-state index contributed by atoms with van der Waals surface area (Å²) in [4.78, 5) is 12.6. The van der Waals surface area contributed by atoms with E-state index >= 15 is 0 Å². The minimum atomic E-state index is -4.33. The fraction of sp³-hybridized carbons (Fsp3) is 0.381. The zero-order valence-corrected chi connectivity index (χ0v) is 19.1. The van der Waals surface area contributed by atoms with E-state index in [9.17, 15) is 21.6 Å². The third kappa shape index (κ3) is 4.01. The second kappa shape index (κ2) is 7.94. The predicted molar refractivity (Wildman–Crippen MR) is 110 cm³/mol. The van der Waals surface area contributed by atoms with Crippen LogP contribution >= 0.6 is 0 Å². The lowest BCUT2D eigenvalue weighted by Gasteiger charge is -2.53. The highest BCUT2D eigenvalue weighted by Crippen LogP contribution is 2.42. The molecule has 4 fully saturated rings. The smallest absolute Gasteiger partial charge is 0.297 e. The molecule has 176 valence electrons. The number of ketones is 1. The molecular formula is C21H20O10S2. The number of hydrogen-bond acceptors (Lipinski definition) is 10. The first-order valence-corrected chi connectivity index (χ1v) is 12.9. The summed E-state index contributed by atoms with van der Waals surface area (Å²) >= 11 is 0. The molecule has 4 bridgehead atoms. The van der Waals surface area contributed by atoms with Crippen LogP contribution in [0.4, 0.5) is 0 Å². The summed E-state index contributed by atoms with van der Waals surface area (Å²) in [5.41, 5.74) is 1.69. The Balaban J connectivity index is 1.45. The quantitative estimate of drug-likeness (QED) is 0.538. The van der Waals surface area contributed by atoms with Gasteiger partial charge in [-0.1, -0.05) is 35.4 Å². The van der Waals surface area contributed by atoms with Crippen LogP contribution in [0, 0.1) is 13.8 Å². The second-order valence-electron chi connectivity index (χ2n) is 8.06. The van der Waals surface area contributed by atoms with Gasteiger partial charge in [-0.2, -0.15) is 16.8 Å². The summed E-state index contributed by atoms with van der Waals surface area (Å²) in [6.07, 6.45) is -6.79. The van der Waals surface area contributed by atoms with Crippen LogP contribution in [0.3, 0.4) is 0 Å². The molecule has 2 aromatic carbocycles. The third-order valence-electron chi connectivity index (χ3n) is 5.68. The van der Waals surface area contributed by atoms with Gasteiger partial charge in [-0.05, 0) is 38.1 Å². The summed E-state index contributed by atoms with van der Waals surface area (Å²) < 4.78 is 78.3.